The van der Waals surface area contributed by atoms with Gasteiger partial charge in [0.15, 0.2) is 0 Å². The molecule has 1 amide bonds. The van der Waals surface area contributed by atoms with Crippen LogP contribution >= 0.6 is 11.6 Å². The highest BCUT2D eigenvalue weighted by Crippen LogP contribution is 2.23. The Kier molecular flexibility index (Phi) is 7.27. The minimum atomic E-state index is -3.62. The molecule has 0 fully saturated rings. The molecular weight excluding hydrogens is 384 g/mol. The SMILES string of the molecule is Cc1ccc(CCCNC(=O)C(C)N(c2ccc(Cl)cc2)S(C)(=O)=O)cc1. The van der Waals surface area contributed by atoms with Crippen molar-refractivity contribution >= 4 is 33.2 Å². The van der Waals surface area contributed by atoms with Crippen LogP contribution in [-0.4, -0.2) is 33.2 Å². The zero-order valence-electron chi connectivity index (χ0n) is 15.8. The molecule has 146 valence electrons. The summed E-state index contributed by atoms with van der Waals surface area (Å²) < 4.78 is 25.5. The number of nitrogens with zero attached hydrogens (tertiary/aromatic N) is 1. The Bertz CT molecular complexity index is 865. The van der Waals surface area contributed by atoms with Crippen LogP contribution in [0.4, 0.5) is 5.69 Å². The van der Waals surface area contributed by atoms with Crippen molar-refractivity contribution in [2.24, 2.45) is 0 Å². The predicted molar refractivity (Wildman–Crippen MR) is 111 cm³/mol. The van der Waals surface area contributed by atoms with Crippen molar-refractivity contribution in [2.75, 3.05) is 17.1 Å². The summed E-state index contributed by atoms with van der Waals surface area (Å²) in [6, 6.07) is 13.8. The normalized spacial score (nSPS) is 12.4. The van der Waals surface area contributed by atoms with E-state index in [-0.39, 0.29) is 5.91 Å². The highest BCUT2D eigenvalue weighted by Gasteiger charge is 2.28. The highest BCUT2D eigenvalue weighted by molar-refractivity contribution is 7.92. The first-order chi connectivity index (χ1) is 12.7. The van der Waals surface area contributed by atoms with Crippen LogP contribution in [0.5, 0.6) is 0 Å². The van der Waals surface area contributed by atoms with Gasteiger partial charge >= 0.3 is 0 Å². The molecule has 0 aromatic heterocycles. The molecule has 0 radical (unpaired) electrons. The molecule has 2 aromatic rings. The van der Waals surface area contributed by atoms with Crippen LogP contribution < -0.4 is 9.62 Å². The fourth-order valence-corrected chi connectivity index (χ4v) is 4.10. The van der Waals surface area contributed by atoms with Gasteiger partial charge < -0.3 is 5.32 Å². The lowest BCUT2D eigenvalue weighted by atomic mass is 10.1. The van der Waals surface area contributed by atoms with Crippen molar-refractivity contribution in [1.82, 2.24) is 5.32 Å². The summed E-state index contributed by atoms with van der Waals surface area (Å²) >= 11 is 5.87. The average Bonchev–Trinajstić information content (AvgIpc) is 2.60. The molecule has 0 saturated heterocycles. The minimum Gasteiger partial charge on any atom is -0.354 e. The maximum absolute atomic E-state index is 12.5. The predicted octanol–water partition coefficient (Wildman–Crippen LogP) is 3.55. The highest BCUT2D eigenvalue weighted by atomic mass is 35.5. The summed E-state index contributed by atoms with van der Waals surface area (Å²) in [5, 5.41) is 3.33. The van der Waals surface area contributed by atoms with E-state index in [1.165, 1.54) is 11.1 Å². The number of hydrogen-bond acceptors (Lipinski definition) is 3. The van der Waals surface area contributed by atoms with E-state index < -0.39 is 16.1 Å². The summed E-state index contributed by atoms with van der Waals surface area (Å²) in [7, 11) is -3.62. The third-order valence-corrected chi connectivity index (χ3v) is 5.73. The van der Waals surface area contributed by atoms with Gasteiger partial charge in [-0.25, -0.2) is 8.42 Å². The Balaban J connectivity index is 1.96. The van der Waals surface area contributed by atoms with E-state index in [1.807, 2.05) is 6.92 Å². The van der Waals surface area contributed by atoms with Crippen LogP contribution in [0.1, 0.15) is 24.5 Å². The Labute approximate surface area is 166 Å². The molecule has 1 N–H and O–H groups in total. The molecule has 0 aliphatic heterocycles. The molecule has 5 nitrogen and oxygen atoms in total. The Morgan fingerprint density at radius 2 is 1.70 bits per heavy atom. The Morgan fingerprint density at radius 1 is 1.11 bits per heavy atom. The first-order valence-corrected chi connectivity index (χ1v) is 11.0. The number of carbonyl (C=O) groups excluding carboxylic acids is 1. The summed E-state index contributed by atoms with van der Waals surface area (Å²) in [4.78, 5) is 12.5. The first-order valence-electron chi connectivity index (χ1n) is 8.76. The largest absolute Gasteiger partial charge is 0.354 e. The molecular formula is C20H25ClN2O3S. The van der Waals surface area contributed by atoms with E-state index in [1.54, 1.807) is 31.2 Å². The fraction of sp³-hybridized carbons (Fsp3) is 0.350. The van der Waals surface area contributed by atoms with Gasteiger partial charge in [-0.3, -0.25) is 9.10 Å². The molecule has 2 aromatic carbocycles. The molecule has 1 atom stereocenters. The topological polar surface area (TPSA) is 66.5 Å². The molecule has 0 aliphatic carbocycles. The second kappa shape index (κ2) is 9.24. The van der Waals surface area contributed by atoms with E-state index >= 15 is 0 Å². The number of hydrogen-bond donors (Lipinski definition) is 1. The van der Waals surface area contributed by atoms with Crippen molar-refractivity contribution in [3.8, 4) is 0 Å². The van der Waals surface area contributed by atoms with E-state index in [9.17, 15) is 13.2 Å². The molecule has 0 saturated carbocycles. The van der Waals surface area contributed by atoms with E-state index in [4.69, 9.17) is 11.6 Å². The quantitative estimate of drug-likeness (QED) is 0.679. The van der Waals surface area contributed by atoms with Crippen LogP contribution in [0.3, 0.4) is 0 Å². The number of sulfonamides is 1. The van der Waals surface area contributed by atoms with Crippen molar-refractivity contribution in [2.45, 2.75) is 32.7 Å². The van der Waals surface area contributed by atoms with Gasteiger partial charge in [0.05, 0.1) is 11.9 Å². The number of halogens is 1. The van der Waals surface area contributed by atoms with Gasteiger partial charge in [-0.15, -0.1) is 0 Å². The second-order valence-electron chi connectivity index (χ2n) is 6.59. The zero-order valence-corrected chi connectivity index (χ0v) is 17.3. The maximum atomic E-state index is 12.5. The van der Waals surface area contributed by atoms with Crippen LogP contribution in [0.15, 0.2) is 48.5 Å². The number of nitrogens with one attached hydrogen (secondary N) is 1. The van der Waals surface area contributed by atoms with Gasteiger partial charge in [0.25, 0.3) is 0 Å². The Hall–Kier alpha value is -2.05. The van der Waals surface area contributed by atoms with Gasteiger partial charge in [-0.2, -0.15) is 0 Å². The second-order valence-corrected chi connectivity index (χ2v) is 8.89. The number of amides is 1. The molecule has 27 heavy (non-hydrogen) atoms. The van der Waals surface area contributed by atoms with Gasteiger partial charge in [0.2, 0.25) is 15.9 Å². The summed E-state index contributed by atoms with van der Waals surface area (Å²) in [5.74, 6) is -0.334. The number of benzene rings is 2. The Morgan fingerprint density at radius 3 is 2.26 bits per heavy atom. The lowest BCUT2D eigenvalue weighted by Crippen LogP contribution is -2.48. The number of aryl methyl sites for hydroxylation is 2. The third kappa shape index (κ3) is 6.26. The summed E-state index contributed by atoms with van der Waals surface area (Å²) in [6.45, 7) is 4.10. The van der Waals surface area contributed by atoms with Crippen molar-refractivity contribution in [1.29, 1.82) is 0 Å². The molecule has 0 heterocycles. The van der Waals surface area contributed by atoms with Gasteiger partial charge in [0.1, 0.15) is 6.04 Å². The summed E-state index contributed by atoms with van der Waals surface area (Å²) in [6.07, 6.45) is 2.71. The standard InChI is InChI=1S/C20H25ClN2O3S/c1-15-6-8-17(9-7-15)5-4-14-22-20(24)16(2)23(27(3,25)26)19-12-10-18(21)11-13-19/h6-13,16H,4-5,14H2,1-3H3,(H,22,24). The molecule has 0 bridgehead atoms. The van der Waals surface area contributed by atoms with Crippen molar-refractivity contribution in [3.63, 3.8) is 0 Å². The summed E-state index contributed by atoms with van der Waals surface area (Å²) in [5.41, 5.74) is 2.83. The first kappa shape index (κ1) is 21.3. The van der Waals surface area contributed by atoms with Crippen LogP contribution in [0, 0.1) is 6.92 Å². The van der Waals surface area contributed by atoms with Crippen molar-refractivity contribution < 1.29 is 13.2 Å². The number of anilines is 1. The van der Waals surface area contributed by atoms with Crippen LogP contribution in [-0.2, 0) is 21.2 Å². The van der Waals surface area contributed by atoms with E-state index in [0.717, 1.165) is 23.4 Å². The minimum absolute atomic E-state index is 0.334. The molecule has 7 heteroatoms. The number of carbonyl (C=O) groups is 1. The van der Waals surface area contributed by atoms with Crippen LogP contribution in [0.2, 0.25) is 5.02 Å². The van der Waals surface area contributed by atoms with Gasteiger partial charge in [-0.1, -0.05) is 41.4 Å². The average molecular weight is 409 g/mol. The molecule has 2 rings (SSSR count). The van der Waals surface area contributed by atoms with E-state index in [0.29, 0.717) is 17.3 Å². The van der Waals surface area contributed by atoms with E-state index in [2.05, 4.69) is 29.6 Å². The lowest BCUT2D eigenvalue weighted by Gasteiger charge is -2.28. The van der Waals surface area contributed by atoms with Crippen LogP contribution in [0.25, 0.3) is 0 Å². The fourth-order valence-electron chi connectivity index (χ4n) is 2.80. The molecule has 1 unspecified atom stereocenters. The monoisotopic (exact) mass is 408 g/mol. The van der Waals surface area contributed by atoms with Crippen molar-refractivity contribution in [3.05, 3.63) is 64.7 Å². The third-order valence-electron chi connectivity index (χ3n) is 4.23. The lowest BCUT2D eigenvalue weighted by molar-refractivity contribution is -0.121. The molecule has 0 aliphatic rings. The van der Waals surface area contributed by atoms with Gasteiger partial charge in [-0.05, 0) is 56.5 Å². The smallest absolute Gasteiger partial charge is 0.243 e. The molecule has 0 spiro atoms. The number of rotatable bonds is 8. The maximum Gasteiger partial charge on any atom is 0.243 e. The van der Waals surface area contributed by atoms with Gasteiger partial charge in [0, 0.05) is 11.6 Å². The zero-order chi connectivity index (χ0) is 20.0.